The van der Waals surface area contributed by atoms with Crippen LogP contribution in [0, 0.1) is 17.0 Å². The maximum absolute atomic E-state index is 11.1. The zero-order chi connectivity index (χ0) is 18.5. The van der Waals surface area contributed by atoms with E-state index in [0.717, 1.165) is 22.1 Å². The molecule has 2 aromatic carbocycles. The van der Waals surface area contributed by atoms with E-state index in [1.54, 1.807) is 19.1 Å². The molecule has 3 rings (SSSR count). The van der Waals surface area contributed by atoms with Crippen LogP contribution in [0.4, 0.5) is 5.69 Å². The van der Waals surface area contributed by atoms with Crippen LogP contribution in [0.15, 0.2) is 66.3 Å². The molecular weight excluding hydrogens is 348 g/mol. The van der Waals surface area contributed by atoms with Gasteiger partial charge in [0.15, 0.2) is 11.0 Å². The number of aromatic nitrogens is 3. The predicted octanol–water partition coefficient (Wildman–Crippen LogP) is 4.64. The Morgan fingerprint density at radius 3 is 2.65 bits per heavy atom. The molecule has 0 unspecified atom stereocenters. The van der Waals surface area contributed by atoms with Gasteiger partial charge in [-0.25, -0.2) is 0 Å². The normalized spacial score (nSPS) is 10.7. The molecule has 0 aliphatic heterocycles. The average molecular weight is 366 g/mol. The summed E-state index contributed by atoms with van der Waals surface area (Å²) in [6.45, 7) is 6.18. The highest BCUT2D eigenvalue weighted by atomic mass is 32.2. The summed E-state index contributed by atoms with van der Waals surface area (Å²) in [5.74, 6) is 1.36. The standard InChI is InChI=1S/C19H18N4O2S/c1-3-12-22-18(15-8-5-4-6-9-15)20-21-19(22)26-13-16-10-7-11-17(14(16)2)23(24)25/h3-11H,1,12-13H2,2H3. The van der Waals surface area contributed by atoms with Crippen LogP contribution in [0.5, 0.6) is 0 Å². The van der Waals surface area contributed by atoms with Gasteiger partial charge in [-0.3, -0.25) is 14.7 Å². The Bertz CT molecular complexity index is 938. The zero-order valence-corrected chi connectivity index (χ0v) is 15.1. The summed E-state index contributed by atoms with van der Waals surface area (Å²) in [6.07, 6.45) is 1.80. The van der Waals surface area contributed by atoms with Crippen molar-refractivity contribution in [2.45, 2.75) is 24.4 Å². The van der Waals surface area contributed by atoms with Crippen molar-refractivity contribution < 1.29 is 4.92 Å². The van der Waals surface area contributed by atoms with Gasteiger partial charge in [-0.1, -0.05) is 60.3 Å². The number of benzene rings is 2. The second kappa shape index (κ2) is 7.97. The van der Waals surface area contributed by atoms with E-state index in [1.165, 1.54) is 17.8 Å². The molecule has 0 radical (unpaired) electrons. The number of nitro groups is 1. The van der Waals surface area contributed by atoms with Crippen LogP contribution in [-0.4, -0.2) is 19.7 Å². The number of hydrogen-bond donors (Lipinski definition) is 0. The second-order valence-electron chi connectivity index (χ2n) is 5.68. The fourth-order valence-electron chi connectivity index (χ4n) is 2.66. The van der Waals surface area contributed by atoms with Gasteiger partial charge in [0.05, 0.1) is 4.92 Å². The van der Waals surface area contributed by atoms with Crippen molar-refractivity contribution in [3.05, 3.63) is 82.4 Å². The quantitative estimate of drug-likeness (QED) is 0.264. The minimum Gasteiger partial charge on any atom is -0.298 e. The van der Waals surface area contributed by atoms with Crippen LogP contribution < -0.4 is 0 Å². The minimum absolute atomic E-state index is 0.139. The van der Waals surface area contributed by atoms with Crippen LogP contribution in [0.1, 0.15) is 11.1 Å². The van der Waals surface area contributed by atoms with Crippen molar-refractivity contribution in [1.82, 2.24) is 14.8 Å². The fraction of sp³-hybridized carbons (Fsp3) is 0.158. The summed E-state index contributed by atoms with van der Waals surface area (Å²) < 4.78 is 2.00. The summed E-state index contributed by atoms with van der Waals surface area (Å²) in [4.78, 5) is 10.8. The Hall–Kier alpha value is -2.93. The number of nitro benzene ring substituents is 1. The largest absolute Gasteiger partial charge is 0.298 e. The maximum Gasteiger partial charge on any atom is 0.272 e. The number of thioether (sulfide) groups is 1. The van der Waals surface area contributed by atoms with Gasteiger partial charge in [0.2, 0.25) is 0 Å². The lowest BCUT2D eigenvalue weighted by Gasteiger charge is -2.09. The zero-order valence-electron chi connectivity index (χ0n) is 14.3. The molecule has 0 fully saturated rings. The average Bonchev–Trinajstić information content (AvgIpc) is 3.04. The van der Waals surface area contributed by atoms with Crippen LogP contribution in [0.25, 0.3) is 11.4 Å². The highest BCUT2D eigenvalue weighted by Crippen LogP contribution is 2.29. The van der Waals surface area contributed by atoms with E-state index in [-0.39, 0.29) is 10.6 Å². The van der Waals surface area contributed by atoms with Crippen LogP contribution >= 0.6 is 11.8 Å². The molecule has 26 heavy (non-hydrogen) atoms. The SMILES string of the molecule is C=CCn1c(SCc2cccc([N+](=O)[O-])c2C)nnc1-c1ccccc1. The van der Waals surface area contributed by atoms with E-state index >= 15 is 0 Å². The molecule has 0 bridgehead atoms. The van der Waals surface area contributed by atoms with Crippen molar-refractivity contribution in [2.24, 2.45) is 0 Å². The van der Waals surface area contributed by atoms with Gasteiger partial charge >= 0.3 is 0 Å². The molecule has 0 spiro atoms. The number of rotatable bonds is 7. The molecule has 0 amide bonds. The first-order valence-corrected chi connectivity index (χ1v) is 9.05. The van der Waals surface area contributed by atoms with Crippen LogP contribution in [0.2, 0.25) is 0 Å². The molecule has 1 heterocycles. The second-order valence-corrected chi connectivity index (χ2v) is 6.62. The molecule has 1 aromatic heterocycles. The number of hydrogen-bond acceptors (Lipinski definition) is 5. The molecule has 7 heteroatoms. The van der Waals surface area contributed by atoms with Crippen LogP contribution in [-0.2, 0) is 12.3 Å². The van der Waals surface area contributed by atoms with E-state index in [9.17, 15) is 10.1 Å². The first-order valence-electron chi connectivity index (χ1n) is 8.07. The van der Waals surface area contributed by atoms with Crippen molar-refractivity contribution in [3.8, 4) is 11.4 Å². The smallest absolute Gasteiger partial charge is 0.272 e. The molecule has 0 aliphatic rings. The lowest BCUT2D eigenvalue weighted by molar-refractivity contribution is -0.385. The van der Waals surface area contributed by atoms with Gasteiger partial charge in [0.1, 0.15) is 0 Å². The summed E-state index contributed by atoms with van der Waals surface area (Å²) >= 11 is 1.51. The molecule has 0 saturated carbocycles. The monoisotopic (exact) mass is 366 g/mol. The Morgan fingerprint density at radius 2 is 1.96 bits per heavy atom. The molecule has 0 atom stereocenters. The van der Waals surface area contributed by atoms with Gasteiger partial charge < -0.3 is 0 Å². The third kappa shape index (κ3) is 3.67. The van der Waals surface area contributed by atoms with Crippen LogP contribution in [0.3, 0.4) is 0 Å². The lowest BCUT2D eigenvalue weighted by atomic mass is 10.1. The number of nitrogens with zero attached hydrogens (tertiary/aromatic N) is 4. The first-order chi connectivity index (χ1) is 12.6. The first kappa shape index (κ1) is 17.9. The lowest BCUT2D eigenvalue weighted by Crippen LogP contribution is -2.01. The Morgan fingerprint density at radius 1 is 1.19 bits per heavy atom. The van der Waals surface area contributed by atoms with Gasteiger partial charge in [0, 0.05) is 29.5 Å². The summed E-state index contributed by atoms with van der Waals surface area (Å²) in [7, 11) is 0. The fourth-order valence-corrected chi connectivity index (χ4v) is 3.67. The molecule has 0 saturated heterocycles. The van der Waals surface area contributed by atoms with Crippen molar-refractivity contribution in [1.29, 1.82) is 0 Å². The van der Waals surface area contributed by atoms with Gasteiger partial charge in [-0.15, -0.1) is 16.8 Å². The topological polar surface area (TPSA) is 73.8 Å². The predicted molar refractivity (Wildman–Crippen MR) is 103 cm³/mol. The Labute approximate surface area is 155 Å². The summed E-state index contributed by atoms with van der Waals surface area (Å²) in [5, 5.41) is 20.5. The van der Waals surface area contributed by atoms with E-state index in [0.29, 0.717) is 17.9 Å². The van der Waals surface area contributed by atoms with E-state index < -0.39 is 0 Å². The highest BCUT2D eigenvalue weighted by molar-refractivity contribution is 7.98. The van der Waals surface area contributed by atoms with Gasteiger partial charge in [-0.05, 0) is 12.5 Å². The molecule has 0 N–H and O–H groups in total. The number of allylic oxidation sites excluding steroid dienone is 1. The summed E-state index contributed by atoms with van der Waals surface area (Å²) in [5.41, 5.74) is 2.72. The molecule has 6 nitrogen and oxygen atoms in total. The van der Waals surface area contributed by atoms with Crippen molar-refractivity contribution >= 4 is 17.4 Å². The van der Waals surface area contributed by atoms with Crippen molar-refractivity contribution in [2.75, 3.05) is 0 Å². The Kier molecular flexibility index (Phi) is 5.48. The summed E-state index contributed by atoms with van der Waals surface area (Å²) in [6, 6.07) is 15.0. The highest BCUT2D eigenvalue weighted by Gasteiger charge is 2.16. The third-order valence-corrected chi connectivity index (χ3v) is 5.05. The van der Waals surface area contributed by atoms with E-state index in [1.807, 2.05) is 41.0 Å². The molecule has 132 valence electrons. The molecular formula is C19H18N4O2S. The van der Waals surface area contributed by atoms with E-state index in [4.69, 9.17) is 0 Å². The third-order valence-electron chi connectivity index (χ3n) is 4.03. The van der Waals surface area contributed by atoms with Gasteiger partial charge in [0.25, 0.3) is 5.69 Å². The Balaban J connectivity index is 1.87. The van der Waals surface area contributed by atoms with E-state index in [2.05, 4.69) is 16.8 Å². The minimum atomic E-state index is -0.350. The molecule has 3 aromatic rings. The molecule has 0 aliphatic carbocycles. The maximum atomic E-state index is 11.1. The van der Waals surface area contributed by atoms with Crippen molar-refractivity contribution in [3.63, 3.8) is 0 Å². The van der Waals surface area contributed by atoms with Gasteiger partial charge in [-0.2, -0.15) is 0 Å².